The minimum atomic E-state index is -2.97. The average Bonchev–Trinajstić information content (AvgIpc) is 2.43. The molecule has 0 saturated heterocycles. The third-order valence-corrected chi connectivity index (χ3v) is 5.19. The minimum absolute atomic E-state index is 0.103. The van der Waals surface area contributed by atoms with Crippen molar-refractivity contribution in [1.29, 1.82) is 0 Å². The van der Waals surface area contributed by atoms with Crippen LogP contribution in [0.15, 0.2) is 28.7 Å². The third kappa shape index (κ3) is 6.77. The van der Waals surface area contributed by atoms with Gasteiger partial charge in [-0.25, -0.2) is 13.2 Å². The van der Waals surface area contributed by atoms with Gasteiger partial charge in [0.15, 0.2) is 0 Å². The van der Waals surface area contributed by atoms with Gasteiger partial charge in [-0.05, 0) is 36.3 Å². The number of carboxylic acids is 1. The molecule has 0 saturated carbocycles. The fourth-order valence-corrected chi connectivity index (χ4v) is 2.74. The molecule has 1 aromatic carbocycles. The fourth-order valence-electron chi connectivity index (χ4n) is 1.51. The zero-order valence-electron chi connectivity index (χ0n) is 11.6. The normalized spacial score (nSPS) is 11.7. The van der Waals surface area contributed by atoms with Gasteiger partial charge in [-0.3, -0.25) is 0 Å². The van der Waals surface area contributed by atoms with E-state index in [0.717, 1.165) is 10.5 Å². The van der Waals surface area contributed by atoms with E-state index in [1.54, 1.807) is 25.1 Å². The highest BCUT2D eigenvalue weighted by Crippen LogP contribution is 2.24. The van der Waals surface area contributed by atoms with Gasteiger partial charge in [0.2, 0.25) is 0 Å². The summed E-state index contributed by atoms with van der Waals surface area (Å²) in [5, 5.41) is 8.62. The van der Waals surface area contributed by atoms with Gasteiger partial charge in [0.1, 0.15) is 15.6 Å². The Balaban J connectivity index is 2.60. The minimum Gasteiger partial charge on any atom is -0.494 e. The Bertz CT molecular complexity index is 622. The number of hydrogen-bond acceptors (Lipinski definition) is 4. The first-order chi connectivity index (χ1) is 9.84. The standard InChI is InChI=1S/C14H17BrO5S/c1-2-21(18,19)9-3-8-20-12-5-6-13(15)11(10-12)4-7-14(16)17/h4-7,10H,2-3,8-9H2,1H3,(H,16,17)/b7-4+. The number of carboxylic acid groups (broad SMARTS) is 1. The number of rotatable bonds is 8. The molecule has 7 heteroatoms. The summed E-state index contributed by atoms with van der Waals surface area (Å²) in [5.41, 5.74) is 0.677. The molecule has 0 unspecified atom stereocenters. The molecule has 0 heterocycles. The van der Waals surface area contributed by atoms with Crippen LogP contribution < -0.4 is 4.74 Å². The number of hydrogen-bond donors (Lipinski definition) is 1. The van der Waals surface area contributed by atoms with E-state index in [1.165, 1.54) is 6.08 Å². The Morgan fingerprint density at radius 3 is 2.76 bits per heavy atom. The summed E-state index contributed by atoms with van der Waals surface area (Å²) < 4.78 is 28.9. The van der Waals surface area contributed by atoms with Crippen LogP contribution >= 0.6 is 15.9 Å². The van der Waals surface area contributed by atoms with Gasteiger partial charge in [-0.2, -0.15) is 0 Å². The molecular weight excluding hydrogens is 360 g/mol. The highest BCUT2D eigenvalue weighted by Gasteiger charge is 2.07. The van der Waals surface area contributed by atoms with Crippen molar-refractivity contribution in [3.8, 4) is 5.75 Å². The van der Waals surface area contributed by atoms with E-state index in [0.29, 0.717) is 24.3 Å². The van der Waals surface area contributed by atoms with E-state index < -0.39 is 15.8 Å². The molecule has 0 amide bonds. The topological polar surface area (TPSA) is 80.7 Å². The van der Waals surface area contributed by atoms with Crippen molar-refractivity contribution in [2.24, 2.45) is 0 Å². The van der Waals surface area contributed by atoms with Crippen molar-refractivity contribution in [3.63, 3.8) is 0 Å². The summed E-state index contributed by atoms with van der Waals surface area (Å²) in [6.45, 7) is 1.91. The van der Waals surface area contributed by atoms with Gasteiger partial charge in [-0.1, -0.05) is 22.9 Å². The predicted molar refractivity (Wildman–Crippen MR) is 85.3 cm³/mol. The van der Waals surface area contributed by atoms with Gasteiger partial charge < -0.3 is 9.84 Å². The lowest BCUT2D eigenvalue weighted by Crippen LogP contribution is -2.11. The number of carbonyl (C=O) groups is 1. The third-order valence-electron chi connectivity index (χ3n) is 2.68. The molecule has 0 radical (unpaired) electrons. The molecule has 0 fully saturated rings. The lowest BCUT2D eigenvalue weighted by molar-refractivity contribution is -0.131. The van der Waals surface area contributed by atoms with Crippen LogP contribution in [0.5, 0.6) is 5.75 Å². The van der Waals surface area contributed by atoms with Crippen molar-refractivity contribution in [2.75, 3.05) is 18.1 Å². The molecule has 0 spiro atoms. The molecule has 116 valence electrons. The van der Waals surface area contributed by atoms with Crippen molar-refractivity contribution >= 4 is 37.8 Å². The van der Waals surface area contributed by atoms with Crippen molar-refractivity contribution in [2.45, 2.75) is 13.3 Å². The highest BCUT2D eigenvalue weighted by molar-refractivity contribution is 9.10. The van der Waals surface area contributed by atoms with Gasteiger partial charge in [0.25, 0.3) is 0 Å². The van der Waals surface area contributed by atoms with E-state index >= 15 is 0 Å². The number of halogens is 1. The molecule has 0 bridgehead atoms. The second kappa shape index (κ2) is 8.19. The lowest BCUT2D eigenvalue weighted by atomic mass is 10.2. The Kier molecular flexibility index (Phi) is 6.91. The van der Waals surface area contributed by atoms with Gasteiger partial charge in [0.05, 0.1) is 12.4 Å². The quantitative estimate of drug-likeness (QED) is 0.557. The molecule has 0 atom stereocenters. The van der Waals surface area contributed by atoms with Crippen LogP contribution in [0, 0.1) is 0 Å². The van der Waals surface area contributed by atoms with Crippen LogP contribution in [0.4, 0.5) is 0 Å². The average molecular weight is 377 g/mol. The van der Waals surface area contributed by atoms with E-state index in [4.69, 9.17) is 9.84 Å². The van der Waals surface area contributed by atoms with Crippen LogP contribution in [0.1, 0.15) is 18.9 Å². The van der Waals surface area contributed by atoms with Crippen LogP contribution in [0.2, 0.25) is 0 Å². The second-order valence-corrected chi connectivity index (χ2v) is 7.62. The predicted octanol–water partition coefficient (Wildman–Crippen LogP) is 2.75. The molecular formula is C14H17BrO5S. The number of sulfone groups is 1. The zero-order valence-corrected chi connectivity index (χ0v) is 14.0. The molecule has 0 aliphatic rings. The Labute approximate surface area is 132 Å². The summed E-state index contributed by atoms with van der Waals surface area (Å²) >= 11 is 3.32. The molecule has 21 heavy (non-hydrogen) atoms. The van der Waals surface area contributed by atoms with Crippen molar-refractivity contribution in [3.05, 3.63) is 34.3 Å². The molecule has 5 nitrogen and oxygen atoms in total. The maximum absolute atomic E-state index is 11.3. The maximum Gasteiger partial charge on any atom is 0.328 e. The SMILES string of the molecule is CCS(=O)(=O)CCCOc1ccc(Br)c(/C=C/C(=O)O)c1. The van der Waals surface area contributed by atoms with E-state index in [9.17, 15) is 13.2 Å². The van der Waals surface area contributed by atoms with Crippen LogP contribution in [-0.2, 0) is 14.6 Å². The first-order valence-electron chi connectivity index (χ1n) is 6.38. The molecule has 1 N–H and O–H groups in total. The summed E-state index contributed by atoms with van der Waals surface area (Å²) in [6, 6.07) is 5.17. The molecule has 0 aliphatic heterocycles. The monoisotopic (exact) mass is 376 g/mol. The number of ether oxygens (including phenoxy) is 1. The highest BCUT2D eigenvalue weighted by atomic mass is 79.9. The van der Waals surface area contributed by atoms with Gasteiger partial charge in [-0.15, -0.1) is 0 Å². The summed E-state index contributed by atoms with van der Waals surface area (Å²) in [4.78, 5) is 10.5. The Morgan fingerprint density at radius 1 is 1.43 bits per heavy atom. The summed E-state index contributed by atoms with van der Waals surface area (Å²) in [6.07, 6.45) is 2.92. The second-order valence-electron chi connectivity index (χ2n) is 4.29. The lowest BCUT2D eigenvalue weighted by Gasteiger charge is -2.08. The number of benzene rings is 1. The number of aliphatic carboxylic acids is 1. The Morgan fingerprint density at radius 2 is 2.14 bits per heavy atom. The van der Waals surface area contributed by atoms with Crippen LogP contribution in [0.3, 0.4) is 0 Å². The summed E-state index contributed by atoms with van der Waals surface area (Å²) in [7, 11) is -2.97. The van der Waals surface area contributed by atoms with E-state index in [-0.39, 0.29) is 11.5 Å². The fraction of sp³-hybridized carbons (Fsp3) is 0.357. The van der Waals surface area contributed by atoms with E-state index in [2.05, 4.69) is 15.9 Å². The van der Waals surface area contributed by atoms with Crippen molar-refractivity contribution < 1.29 is 23.1 Å². The smallest absolute Gasteiger partial charge is 0.328 e. The molecule has 0 aliphatic carbocycles. The van der Waals surface area contributed by atoms with Gasteiger partial charge in [0, 0.05) is 16.3 Å². The largest absolute Gasteiger partial charge is 0.494 e. The zero-order chi connectivity index (χ0) is 15.9. The summed E-state index contributed by atoms with van der Waals surface area (Å²) in [5.74, 6) is -0.226. The van der Waals surface area contributed by atoms with E-state index in [1.807, 2.05) is 0 Å². The van der Waals surface area contributed by atoms with Gasteiger partial charge >= 0.3 is 5.97 Å². The molecule has 1 aromatic rings. The van der Waals surface area contributed by atoms with Crippen LogP contribution in [0.25, 0.3) is 6.08 Å². The van der Waals surface area contributed by atoms with Crippen LogP contribution in [-0.4, -0.2) is 37.6 Å². The molecule has 0 aromatic heterocycles. The molecule has 1 rings (SSSR count). The maximum atomic E-state index is 11.3. The Hall–Kier alpha value is -1.34. The van der Waals surface area contributed by atoms with Crippen molar-refractivity contribution in [1.82, 2.24) is 0 Å². The first kappa shape index (κ1) is 17.7. The first-order valence-corrected chi connectivity index (χ1v) is 8.99.